The Kier molecular flexibility index (Phi) is 5.96. The van der Waals surface area contributed by atoms with Gasteiger partial charge in [0.2, 0.25) is 5.95 Å². The first kappa shape index (κ1) is 18.5. The topological polar surface area (TPSA) is 44.3 Å². The van der Waals surface area contributed by atoms with Crippen LogP contribution < -0.4 is 15.1 Å². The van der Waals surface area contributed by atoms with Crippen molar-refractivity contribution in [2.24, 2.45) is 0 Å². The largest absolute Gasteiger partial charge is 0.372 e. The lowest BCUT2D eigenvalue weighted by atomic mass is 10.1. The number of rotatable bonds is 6. The van der Waals surface area contributed by atoms with Crippen molar-refractivity contribution >= 4 is 23.1 Å². The van der Waals surface area contributed by atoms with Crippen molar-refractivity contribution in [3.05, 3.63) is 35.5 Å². The molecule has 1 aromatic heterocycles. The number of hydrogen-bond acceptors (Lipinski definition) is 5. The summed E-state index contributed by atoms with van der Waals surface area (Å²) in [4.78, 5) is 14.1. The van der Waals surface area contributed by atoms with Crippen molar-refractivity contribution < 1.29 is 0 Å². The maximum absolute atomic E-state index is 4.78. The van der Waals surface area contributed by atoms with Gasteiger partial charge < -0.3 is 15.1 Å². The number of anilines is 4. The van der Waals surface area contributed by atoms with Gasteiger partial charge in [-0.05, 0) is 70.7 Å². The minimum atomic E-state index is 0.685. The van der Waals surface area contributed by atoms with Crippen LogP contribution in [0.3, 0.4) is 0 Å². The second kappa shape index (κ2) is 8.39. The summed E-state index contributed by atoms with van der Waals surface area (Å²) in [7, 11) is 0. The second-order valence-electron chi connectivity index (χ2n) is 7.04. The third kappa shape index (κ3) is 4.26. The fourth-order valence-corrected chi connectivity index (χ4v) is 3.59. The van der Waals surface area contributed by atoms with Crippen LogP contribution in [0.25, 0.3) is 0 Å². The first-order valence-electron chi connectivity index (χ1n) is 9.84. The van der Waals surface area contributed by atoms with Gasteiger partial charge in [0.25, 0.3) is 0 Å². The van der Waals surface area contributed by atoms with Crippen molar-refractivity contribution in [2.45, 2.75) is 47.0 Å². The molecule has 0 radical (unpaired) electrons. The molecule has 26 heavy (non-hydrogen) atoms. The van der Waals surface area contributed by atoms with E-state index >= 15 is 0 Å². The molecule has 5 heteroatoms. The van der Waals surface area contributed by atoms with E-state index < -0.39 is 0 Å². The molecule has 5 nitrogen and oxygen atoms in total. The van der Waals surface area contributed by atoms with Gasteiger partial charge in [0.1, 0.15) is 5.82 Å². The summed E-state index contributed by atoms with van der Waals surface area (Å²) < 4.78 is 0. The van der Waals surface area contributed by atoms with E-state index in [2.05, 4.69) is 65.1 Å². The van der Waals surface area contributed by atoms with Crippen LogP contribution >= 0.6 is 0 Å². The molecule has 0 spiro atoms. The quantitative estimate of drug-likeness (QED) is 0.817. The van der Waals surface area contributed by atoms with Crippen LogP contribution in [0.1, 0.15) is 44.4 Å². The highest BCUT2D eigenvalue weighted by Gasteiger charge is 2.14. The molecule has 1 aromatic carbocycles. The van der Waals surface area contributed by atoms with E-state index in [1.165, 1.54) is 30.5 Å². The minimum Gasteiger partial charge on any atom is -0.372 e. The van der Waals surface area contributed by atoms with Gasteiger partial charge in [0.15, 0.2) is 0 Å². The van der Waals surface area contributed by atoms with Crippen LogP contribution in [-0.4, -0.2) is 36.1 Å². The van der Waals surface area contributed by atoms with E-state index in [4.69, 9.17) is 4.98 Å². The molecule has 1 aliphatic rings. The van der Waals surface area contributed by atoms with E-state index in [1.54, 1.807) is 0 Å². The minimum absolute atomic E-state index is 0.685. The van der Waals surface area contributed by atoms with Gasteiger partial charge in [-0.15, -0.1) is 0 Å². The average molecular weight is 354 g/mol. The Morgan fingerprint density at radius 3 is 2.38 bits per heavy atom. The molecule has 2 heterocycles. The third-order valence-electron chi connectivity index (χ3n) is 5.11. The molecule has 0 saturated carbocycles. The maximum atomic E-state index is 4.78. The summed E-state index contributed by atoms with van der Waals surface area (Å²) in [6, 6.07) is 8.63. The summed E-state index contributed by atoms with van der Waals surface area (Å²) in [5.74, 6) is 1.72. The van der Waals surface area contributed by atoms with Gasteiger partial charge in [0, 0.05) is 49.3 Å². The van der Waals surface area contributed by atoms with Crippen molar-refractivity contribution in [1.29, 1.82) is 0 Å². The Morgan fingerprint density at radius 1 is 1.00 bits per heavy atom. The SMILES string of the molecule is CCN(CC)c1ccc(Nc2nc(C)cc(N3CCCCC3)n2)c(C)c1. The zero-order valence-electron chi connectivity index (χ0n) is 16.5. The fourth-order valence-electron chi connectivity index (χ4n) is 3.59. The van der Waals surface area contributed by atoms with Crippen molar-refractivity contribution in [2.75, 3.05) is 41.3 Å². The number of piperidine rings is 1. The molecule has 0 unspecified atom stereocenters. The van der Waals surface area contributed by atoms with E-state index in [-0.39, 0.29) is 0 Å². The smallest absolute Gasteiger partial charge is 0.229 e. The standard InChI is InChI=1S/C21H31N5/c1-5-25(6-2)18-10-11-19(16(3)14-18)23-21-22-17(4)15-20(24-21)26-12-8-7-9-13-26/h10-11,14-15H,5-9,12-13H2,1-4H3,(H,22,23,24). The van der Waals surface area contributed by atoms with Crippen molar-refractivity contribution in [3.8, 4) is 0 Å². The lowest BCUT2D eigenvalue weighted by Gasteiger charge is -2.28. The molecule has 0 amide bonds. The second-order valence-corrected chi connectivity index (χ2v) is 7.04. The molecule has 1 N–H and O–H groups in total. The van der Waals surface area contributed by atoms with Crippen LogP contribution in [0, 0.1) is 13.8 Å². The van der Waals surface area contributed by atoms with Crippen LogP contribution in [0.2, 0.25) is 0 Å². The van der Waals surface area contributed by atoms with E-state index in [1.807, 2.05) is 6.92 Å². The van der Waals surface area contributed by atoms with E-state index in [0.717, 1.165) is 43.4 Å². The van der Waals surface area contributed by atoms with E-state index in [0.29, 0.717) is 5.95 Å². The summed E-state index contributed by atoms with van der Waals surface area (Å²) in [6.45, 7) is 12.8. The van der Waals surface area contributed by atoms with Crippen LogP contribution in [0.5, 0.6) is 0 Å². The van der Waals surface area contributed by atoms with Crippen molar-refractivity contribution in [3.63, 3.8) is 0 Å². The van der Waals surface area contributed by atoms with Gasteiger partial charge in [-0.2, -0.15) is 4.98 Å². The lowest BCUT2D eigenvalue weighted by Crippen LogP contribution is -2.30. The average Bonchev–Trinajstić information content (AvgIpc) is 2.65. The first-order valence-corrected chi connectivity index (χ1v) is 9.84. The Morgan fingerprint density at radius 2 is 1.73 bits per heavy atom. The molecule has 2 aromatic rings. The first-order chi connectivity index (χ1) is 12.6. The number of aryl methyl sites for hydroxylation is 2. The van der Waals surface area contributed by atoms with Crippen LogP contribution in [0.4, 0.5) is 23.1 Å². The predicted molar refractivity (Wildman–Crippen MR) is 111 cm³/mol. The Bertz CT molecular complexity index is 733. The number of hydrogen-bond donors (Lipinski definition) is 1. The zero-order chi connectivity index (χ0) is 18.5. The predicted octanol–water partition coefficient (Wildman–Crippen LogP) is 4.67. The molecular formula is C21H31N5. The number of aromatic nitrogens is 2. The monoisotopic (exact) mass is 353 g/mol. The zero-order valence-corrected chi connectivity index (χ0v) is 16.5. The Balaban J connectivity index is 1.81. The summed E-state index contributed by atoms with van der Waals surface area (Å²) in [5, 5.41) is 3.43. The van der Waals surface area contributed by atoms with E-state index in [9.17, 15) is 0 Å². The molecule has 0 aliphatic carbocycles. The normalized spacial score (nSPS) is 14.4. The summed E-state index contributed by atoms with van der Waals surface area (Å²) in [6.07, 6.45) is 3.82. The molecule has 0 atom stereocenters. The molecular weight excluding hydrogens is 322 g/mol. The summed E-state index contributed by atoms with van der Waals surface area (Å²) >= 11 is 0. The molecule has 0 bridgehead atoms. The highest BCUT2D eigenvalue weighted by Crippen LogP contribution is 2.26. The van der Waals surface area contributed by atoms with Gasteiger partial charge in [-0.1, -0.05) is 0 Å². The number of nitrogens with one attached hydrogen (secondary N) is 1. The Labute approximate surface area is 157 Å². The number of nitrogens with zero attached hydrogens (tertiary/aromatic N) is 4. The van der Waals surface area contributed by atoms with Crippen LogP contribution in [-0.2, 0) is 0 Å². The van der Waals surface area contributed by atoms with Crippen molar-refractivity contribution in [1.82, 2.24) is 9.97 Å². The molecule has 3 rings (SSSR count). The third-order valence-corrected chi connectivity index (χ3v) is 5.11. The highest BCUT2D eigenvalue weighted by molar-refractivity contribution is 5.64. The van der Waals surface area contributed by atoms with Gasteiger partial charge >= 0.3 is 0 Å². The molecule has 1 aliphatic heterocycles. The summed E-state index contributed by atoms with van der Waals surface area (Å²) in [5.41, 5.74) is 4.54. The lowest BCUT2D eigenvalue weighted by molar-refractivity contribution is 0.573. The Hall–Kier alpha value is -2.30. The van der Waals surface area contributed by atoms with Gasteiger partial charge in [-0.3, -0.25) is 0 Å². The maximum Gasteiger partial charge on any atom is 0.229 e. The van der Waals surface area contributed by atoms with Gasteiger partial charge in [0.05, 0.1) is 0 Å². The number of benzene rings is 1. The van der Waals surface area contributed by atoms with Crippen LogP contribution in [0.15, 0.2) is 24.3 Å². The molecule has 1 saturated heterocycles. The molecule has 140 valence electrons. The fraction of sp³-hybridized carbons (Fsp3) is 0.524. The van der Waals surface area contributed by atoms with Gasteiger partial charge in [-0.25, -0.2) is 4.98 Å². The highest BCUT2D eigenvalue weighted by atomic mass is 15.2. The molecule has 1 fully saturated rings.